The number of rotatable bonds is 4. The van der Waals surface area contributed by atoms with E-state index >= 15 is 0 Å². The van der Waals surface area contributed by atoms with Crippen molar-refractivity contribution < 1.29 is 5.21 Å². The summed E-state index contributed by atoms with van der Waals surface area (Å²) < 4.78 is 1.74. The van der Waals surface area contributed by atoms with E-state index < -0.39 is 0 Å². The van der Waals surface area contributed by atoms with Crippen LogP contribution in [0.2, 0.25) is 0 Å². The molecule has 1 heterocycles. The quantitative estimate of drug-likeness (QED) is 0.301. The molecule has 0 unspecified atom stereocenters. The number of hydrazone groups is 1. The van der Waals surface area contributed by atoms with Gasteiger partial charge in [-0.25, -0.2) is 15.2 Å². The molecule has 1 aromatic heterocycles. The molecule has 4 N–H and O–H groups in total. The minimum absolute atomic E-state index is 0.00205. The van der Waals surface area contributed by atoms with Gasteiger partial charge in [-0.2, -0.15) is 5.10 Å². The van der Waals surface area contributed by atoms with Crippen LogP contribution in [0.25, 0.3) is 11.3 Å². The van der Waals surface area contributed by atoms with E-state index in [0.29, 0.717) is 5.56 Å². The Balaban J connectivity index is 1.51. The van der Waals surface area contributed by atoms with Crippen LogP contribution < -0.4 is 11.0 Å². The Labute approximate surface area is 175 Å². The first-order chi connectivity index (χ1) is 14.4. The molecule has 0 bridgehead atoms. The van der Waals surface area contributed by atoms with Crippen molar-refractivity contribution in [2.45, 2.75) is 39.0 Å². The second-order valence-electron chi connectivity index (χ2n) is 8.47. The molecule has 154 valence electrons. The van der Waals surface area contributed by atoms with Crippen LogP contribution in [0.1, 0.15) is 49.4 Å². The second kappa shape index (κ2) is 7.76. The van der Waals surface area contributed by atoms with Gasteiger partial charge in [0.2, 0.25) is 0 Å². The molecule has 2 aromatic carbocycles. The van der Waals surface area contributed by atoms with Gasteiger partial charge in [0.05, 0.1) is 17.6 Å². The van der Waals surface area contributed by atoms with Crippen LogP contribution in [0.3, 0.4) is 0 Å². The molecule has 0 spiro atoms. The fourth-order valence-corrected chi connectivity index (χ4v) is 3.70. The molecule has 0 fully saturated rings. The van der Waals surface area contributed by atoms with Crippen LogP contribution in [0.5, 0.6) is 0 Å². The molecule has 0 amide bonds. The summed E-state index contributed by atoms with van der Waals surface area (Å²) >= 11 is 0. The zero-order valence-corrected chi connectivity index (χ0v) is 17.4. The van der Waals surface area contributed by atoms with E-state index in [4.69, 9.17) is 10.6 Å². The largest absolute Gasteiger partial charge is 0.290 e. The highest BCUT2D eigenvalue weighted by Gasteiger charge is 2.22. The van der Waals surface area contributed by atoms with Crippen molar-refractivity contribution in [1.82, 2.24) is 15.1 Å². The molecular formula is C23H26N6O. The number of imidazole rings is 1. The summed E-state index contributed by atoms with van der Waals surface area (Å²) in [5, 5.41) is 21.5. The lowest BCUT2D eigenvalue weighted by Gasteiger charge is -2.18. The Morgan fingerprint density at radius 3 is 2.60 bits per heavy atom. The molecular weight excluding hydrogens is 376 g/mol. The van der Waals surface area contributed by atoms with E-state index in [1.165, 1.54) is 5.56 Å². The number of nitrogens with one attached hydrogen (secondary N) is 3. The SMILES string of the molecule is CC(C)(C)c1ccc(-c2cn(N/N=C3\CCc4c(C(=N)NO)cccc43)cn2)cc1. The van der Waals surface area contributed by atoms with Gasteiger partial charge in [0.25, 0.3) is 0 Å². The van der Waals surface area contributed by atoms with Crippen molar-refractivity contribution in [1.29, 1.82) is 5.41 Å². The number of hydrogen-bond acceptors (Lipinski definition) is 5. The third kappa shape index (κ3) is 3.84. The number of fused-ring (bicyclic) bond motifs is 1. The van der Waals surface area contributed by atoms with Gasteiger partial charge in [-0.3, -0.25) is 16.1 Å². The zero-order chi connectivity index (χ0) is 21.3. The van der Waals surface area contributed by atoms with Crippen LogP contribution >= 0.6 is 0 Å². The van der Waals surface area contributed by atoms with Crippen LogP contribution in [0, 0.1) is 5.41 Å². The maximum absolute atomic E-state index is 9.06. The van der Waals surface area contributed by atoms with Crippen molar-refractivity contribution in [3.63, 3.8) is 0 Å². The van der Waals surface area contributed by atoms with Crippen LogP contribution in [-0.4, -0.2) is 26.4 Å². The van der Waals surface area contributed by atoms with Gasteiger partial charge < -0.3 is 0 Å². The monoisotopic (exact) mass is 402 g/mol. The first-order valence-electron chi connectivity index (χ1n) is 9.95. The van der Waals surface area contributed by atoms with E-state index in [2.05, 4.69) is 60.7 Å². The standard InChI is InChI=1S/C23H26N6O/c1-23(2,3)16-9-7-15(8-10-16)21-13-29(14-25-21)28-26-20-12-11-17-18(20)5-4-6-19(17)22(24)27-30/h4-10,13-14,28,30H,11-12H2,1-3H3,(H2,24,27)/b26-20+. The van der Waals surface area contributed by atoms with Crippen LogP contribution in [0.4, 0.5) is 0 Å². The summed E-state index contributed by atoms with van der Waals surface area (Å²) in [4.78, 5) is 4.48. The summed E-state index contributed by atoms with van der Waals surface area (Å²) in [6, 6.07) is 14.2. The molecule has 7 heteroatoms. The predicted octanol–water partition coefficient (Wildman–Crippen LogP) is 4.05. The number of amidine groups is 1. The van der Waals surface area contributed by atoms with Gasteiger partial charge in [-0.1, -0.05) is 63.2 Å². The summed E-state index contributed by atoms with van der Waals surface area (Å²) in [6.45, 7) is 6.60. The highest BCUT2D eigenvalue weighted by molar-refractivity contribution is 6.08. The Kier molecular flexibility index (Phi) is 5.13. The topological polar surface area (TPSA) is 98.3 Å². The van der Waals surface area contributed by atoms with Crippen molar-refractivity contribution in [3.05, 3.63) is 77.2 Å². The lowest BCUT2D eigenvalue weighted by Crippen LogP contribution is -2.20. The molecule has 1 aliphatic carbocycles. The first-order valence-corrected chi connectivity index (χ1v) is 9.95. The number of aromatic nitrogens is 2. The lowest BCUT2D eigenvalue weighted by atomic mass is 9.86. The minimum atomic E-state index is -0.00205. The highest BCUT2D eigenvalue weighted by atomic mass is 16.5. The molecule has 3 aromatic rings. The van der Waals surface area contributed by atoms with Gasteiger partial charge >= 0.3 is 0 Å². The van der Waals surface area contributed by atoms with Crippen molar-refractivity contribution >= 4 is 11.5 Å². The summed E-state index contributed by atoms with van der Waals surface area (Å²) in [5.41, 5.74) is 12.0. The molecule has 0 aliphatic heterocycles. The average molecular weight is 403 g/mol. The number of hydrogen-bond donors (Lipinski definition) is 4. The highest BCUT2D eigenvalue weighted by Crippen LogP contribution is 2.27. The lowest BCUT2D eigenvalue weighted by molar-refractivity contribution is 0.234. The van der Waals surface area contributed by atoms with E-state index in [1.54, 1.807) is 11.0 Å². The molecule has 0 atom stereocenters. The van der Waals surface area contributed by atoms with Gasteiger partial charge in [-0.05, 0) is 29.4 Å². The Morgan fingerprint density at radius 1 is 1.13 bits per heavy atom. The normalized spacial score (nSPS) is 14.6. The third-order valence-electron chi connectivity index (χ3n) is 5.41. The molecule has 4 rings (SSSR count). The van der Waals surface area contributed by atoms with Crippen LogP contribution in [-0.2, 0) is 11.8 Å². The number of hydroxylamine groups is 1. The summed E-state index contributed by atoms with van der Waals surface area (Å²) in [7, 11) is 0. The predicted molar refractivity (Wildman–Crippen MR) is 119 cm³/mol. The minimum Gasteiger partial charge on any atom is -0.290 e. The smallest absolute Gasteiger partial charge is 0.149 e. The summed E-state index contributed by atoms with van der Waals surface area (Å²) in [6.07, 6.45) is 5.17. The molecule has 1 aliphatic rings. The first kappa shape index (κ1) is 19.8. The number of benzene rings is 2. The van der Waals surface area contributed by atoms with Crippen molar-refractivity contribution in [2.24, 2.45) is 5.10 Å². The number of nitrogens with zero attached hydrogens (tertiary/aromatic N) is 3. The van der Waals surface area contributed by atoms with E-state index in [1.807, 2.05) is 29.9 Å². The second-order valence-corrected chi connectivity index (χ2v) is 8.47. The van der Waals surface area contributed by atoms with Gasteiger partial charge in [-0.15, -0.1) is 0 Å². The van der Waals surface area contributed by atoms with E-state index in [0.717, 1.165) is 40.9 Å². The zero-order valence-electron chi connectivity index (χ0n) is 17.4. The Hall–Kier alpha value is -3.45. The fraction of sp³-hybridized carbons (Fsp3) is 0.261. The molecule has 0 radical (unpaired) electrons. The summed E-state index contributed by atoms with van der Waals surface area (Å²) in [5.74, 6) is -0.00205. The van der Waals surface area contributed by atoms with Crippen molar-refractivity contribution in [3.8, 4) is 11.3 Å². The van der Waals surface area contributed by atoms with E-state index in [9.17, 15) is 0 Å². The van der Waals surface area contributed by atoms with Gasteiger partial charge in [0.1, 0.15) is 12.2 Å². The Bertz CT molecular complexity index is 1110. The fourth-order valence-electron chi connectivity index (χ4n) is 3.70. The maximum Gasteiger partial charge on any atom is 0.149 e. The maximum atomic E-state index is 9.06. The average Bonchev–Trinajstić information content (AvgIpc) is 3.38. The van der Waals surface area contributed by atoms with Crippen LogP contribution in [0.15, 0.2) is 60.1 Å². The third-order valence-corrected chi connectivity index (χ3v) is 5.41. The van der Waals surface area contributed by atoms with Crippen molar-refractivity contribution in [2.75, 3.05) is 5.53 Å². The molecule has 0 saturated carbocycles. The van der Waals surface area contributed by atoms with E-state index in [-0.39, 0.29) is 11.3 Å². The molecule has 7 nitrogen and oxygen atoms in total. The van der Waals surface area contributed by atoms with Gasteiger partial charge in [0.15, 0.2) is 0 Å². The van der Waals surface area contributed by atoms with Gasteiger partial charge in [0, 0.05) is 16.7 Å². The molecule has 0 saturated heterocycles. The molecule has 30 heavy (non-hydrogen) atoms. The Morgan fingerprint density at radius 2 is 1.90 bits per heavy atom.